The topological polar surface area (TPSA) is 68.8 Å². The standard InChI is InChI=1S/C28H48N4O2S/c1-19(2)14-23-18-34-26-16-25(27-20(3)8-5-9-21(27)4)29-28(30-26)31-35-24-11-6-10-22(15-24)17-32(23)12-7-13-33/h5,8-9,19,22-26,28-31,33H,6-7,10-18H2,1-4H3/t22?,23-,24?,25?,26?,28?/m1/s1. The third-order valence-electron chi connectivity index (χ3n) is 7.99. The molecule has 1 aromatic carbocycles. The second-order valence-corrected chi connectivity index (χ2v) is 12.6. The van der Waals surface area contributed by atoms with Crippen LogP contribution in [0.15, 0.2) is 18.2 Å². The number of benzene rings is 1. The molecule has 4 rings (SSSR count). The normalized spacial score (nSPS) is 33.1. The molecular weight excluding hydrogens is 456 g/mol. The van der Waals surface area contributed by atoms with E-state index in [0.29, 0.717) is 17.2 Å². The Labute approximate surface area is 217 Å². The molecule has 5 unspecified atom stereocenters. The molecule has 198 valence electrons. The molecule has 3 fully saturated rings. The molecule has 1 saturated carbocycles. The van der Waals surface area contributed by atoms with Gasteiger partial charge in [-0.1, -0.05) is 50.4 Å². The summed E-state index contributed by atoms with van der Waals surface area (Å²) < 4.78 is 10.4. The molecule has 4 N–H and O–H groups in total. The largest absolute Gasteiger partial charge is 0.396 e. The Bertz CT molecular complexity index is 774. The predicted molar refractivity (Wildman–Crippen MR) is 146 cm³/mol. The Morgan fingerprint density at radius 2 is 1.94 bits per heavy atom. The quantitative estimate of drug-likeness (QED) is 0.427. The van der Waals surface area contributed by atoms with Crippen molar-refractivity contribution < 1.29 is 9.84 Å². The summed E-state index contributed by atoms with van der Waals surface area (Å²) in [5.74, 6) is 1.34. The van der Waals surface area contributed by atoms with Crippen molar-refractivity contribution in [3.05, 3.63) is 34.9 Å². The van der Waals surface area contributed by atoms with E-state index in [1.165, 1.54) is 42.4 Å². The van der Waals surface area contributed by atoms with Crippen LogP contribution in [0.4, 0.5) is 0 Å². The highest BCUT2D eigenvalue weighted by atomic mass is 32.2. The van der Waals surface area contributed by atoms with E-state index in [0.717, 1.165) is 44.9 Å². The Hall–Kier alpha value is -0.670. The lowest BCUT2D eigenvalue weighted by molar-refractivity contribution is -0.0474. The van der Waals surface area contributed by atoms with Crippen molar-refractivity contribution in [1.29, 1.82) is 0 Å². The van der Waals surface area contributed by atoms with Crippen LogP contribution in [0.2, 0.25) is 0 Å². The number of aryl methyl sites for hydroxylation is 2. The molecule has 0 radical (unpaired) electrons. The Morgan fingerprint density at radius 3 is 2.69 bits per heavy atom. The highest BCUT2D eigenvalue weighted by Crippen LogP contribution is 2.34. The lowest BCUT2D eigenvalue weighted by Gasteiger charge is -2.40. The minimum Gasteiger partial charge on any atom is -0.396 e. The van der Waals surface area contributed by atoms with Gasteiger partial charge >= 0.3 is 0 Å². The van der Waals surface area contributed by atoms with Crippen molar-refractivity contribution in [2.75, 3.05) is 26.3 Å². The fourth-order valence-corrected chi connectivity index (χ4v) is 7.47. The highest BCUT2D eigenvalue weighted by molar-refractivity contribution is 7.98. The van der Waals surface area contributed by atoms with E-state index < -0.39 is 0 Å². The van der Waals surface area contributed by atoms with Gasteiger partial charge in [0.25, 0.3) is 0 Å². The van der Waals surface area contributed by atoms with Crippen LogP contribution < -0.4 is 15.4 Å². The zero-order chi connectivity index (χ0) is 24.8. The number of rotatable bonds is 6. The van der Waals surface area contributed by atoms with E-state index in [1.807, 2.05) is 11.9 Å². The molecule has 2 saturated heterocycles. The number of hydrogen-bond acceptors (Lipinski definition) is 7. The van der Waals surface area contributed by atoms with E-state index in [-0.39, 0.29) is 25.2 Å². The third kappa shape index (κ3) is 7.67. The fraction of sp³-hybridized carbons (Fsp3) is 0.786. The SMILES string of the molecule is Cc1cccc(C)c1C1CC2NC(NSC3CCCC(C3)CN(CCCO)[C@H](CC(C)C)CO2)N1. The van der Waals surface area contributed by atoms with Gasteiger partial charge in [0.1, 0.15) is 12.5 Å². The summed E-state index contributed by atoms with van der Waals surface area (Å²) in [6.07, 6.45) is 8.05. The molecule has 1 aliphatic carbocycles. The Morgan fingerprint density at radius 1 is 1.14 bits per heavy atom. The van der Waals surface area contributed by atoms with Crippen LogP contribution in [0, 0.1) is 25.7 Å². The van der Waals surface area contributed by atoms with Gasteiger partial charge in [0.2, 0.25) is 0 Å². The lowest BCUT2D eigenvalue weighted by atomic mass is 9.87. The lowest BCUT2D eigenvalue weighted by Crippen LogP contribution is -2.61. The van der Waals surface area contributed by atoms with Crippen molar-refractivity contribution in [3.8, 4) is 0 Å². The van der Waals surface area contributed by atoms with Crippen LogP contribution in [0.1, 0.15) is 81.5 Å². The minimum absolute atomic E-state index is 0.00663. The van der Waals surface area contributed by atoms with Crippen LogP contribution >= 0.6 is 11.9 Å². The van der Waals surface area contributed by atoms with E-state index >= 15 is 0 Å². The molecule has 2 heterocycles. The first-order valence-electron chi connectivity index (χ1n) is 13.9. The fourth-order valence-electron chi connectivity index (χ4n) is 6.35. The highest BCUT2D eigenvalue weighted by Gasteiger charge is 2.34. The molecule has 35 heavy (non-hydrogen) atoms. The molecule has 0 spiro atoms. The number of ether oxygens (including phenoxy) is 1. The van der Waals surface area contributed by atoms with E-state index in [2.05, 4.69) is 66.1 Å². The van der Waals surface area contributed by atoms with Crippen molar-refractivity contribution in [2.45, 2.75) is 102 Å². The van der Waals surface area contributed by atoms with Gasteiger partial charge in [-0.15, -0.1) is 0 Å². The first-order chi connectivity index (χ1) is 16.9. The van der Waals surface area contributed by atoms with Gasteiger partial charge < -0.3 is 9.84 Å². The molecule has 4 bridgehead atoms. The summed E-state index contributed by atoms with van der Waals surface area (Å²) in [6.45, 7) is 12.2. The molecule has 0 amide bonds. The van der Waals surface area contributed by atoms with Crippen LogP contribution in [-0.2, 0) is 4.74 Å². The monoisotopic (exact) mass is 504 g/mol. The van der Waals surface area contributed by atoms with Crippen molar-refractivity contribution >= 4 is 11.9 Å². The number of hydrogen-bond donors (Lipinski definition) is 4. The summed E-state index contributed by atoms with van der Waals surface area (Å²) in [4.78, 5) is 2.65. The number of aliphatic hydroxyl groups is 1. The molecule has 1 aromatic rings. The average Bonchev–Trinajstić information content (AvgIpc) is 2.83. The zero-order valence-electron chi connectivity index (χ0n) is 22.3. The van der Waals surface area contributed by atoms with E-state index in [9.17, 15) is 5.11 Å². The third-order valence-corrected chi connectivity index (χ3v) is 9.13. The van der Waals surface area contributed by atoms with Gasteiger partial charge in [-0.3, -0.25) is 15.5 Å². The van der Waals surface area contributed by atoms with Crippen LogP contribution in [0.25, 0.3) is 0 Å². The van der Waals surface area contributed by atoms with Crippen LogP contribution in [-0.4, -0.2) is 60.1 Å². The summed E-state index contributed by atoms with van der Waals surface area (Å²) in [5, 5.41) is 17.8. The first kappa shape index (κ1) is 27.4. The number of nitrogens with one attached hydrogen (secondary N) is 3. The maximum absolute atomic E-state index is 9.60. The number of nitrogens with zero attached hydrogens (tertiary/aromatic N) is 1. The van der Waals surface area contributed by atoms with Gasteiger partial charge in [-0.25, -0.2) is 4.72 Å². The molecular formula is C28H48N4O2S. The molecule has 0 aromatic heterocycles. The smallest absolute Gasteiger partial charge is 0.123 e. The molecule has 6 atom stereocenters. The second-order valence-electron chi connectivity index (χ2n) is 11.4. The van der Waals surface area contributed by atoms with Gasteiger partial charge in [0, 0.05) is 43.5 Å². The van der Waals surface area contributed by atoms with Crippen molar-refractivity contribution in [3.63, 3.8) is 0 Å². The van der Waals surface area contributed by atoms with Crippen molar-refractivity contribution in [2.24, 2.45) is 11.8 Å². The van der Waals surface area contributed by atoms with Crippen molar-refractivity contribution in [1.82, 2.24) is 20.3 Å². The number of fused-ring (bicyclic) bond motifs is 4. The molecule has 7 heteroatoms. The summed E-state index contributed by atoms with van der Waals surface area (Å²) in [6, 6.07) is 7.24. The number of aliphatic hydroxyl groups excluding tert-OH is 1. The zero-order valence-corrected chi connectivity index (χ0v) is 23.1. The second kappa shape index (κ2) is 13.2. The predicted octanol–water partition coefficient (Wildman–Crippen LogP) is 4.46. The first-order valence-corrected chi connectivity index (χ1v) is 14.8. The minimum atomic E-state index is -0.00663. The Balaban J connectivity index is 1.58. The van der Waals surface area contributed by atoms with E-state index in [1.54, 1.807) is 0 Å². The maximum Gasteiger partial charge on any atom is 0.123 e. The molecule has 6 nitrogen and oxygen atoms in total. The van der Waals surface area contributed by atoms with Gasteiger partial charge in [0.15, 0.2) is 0 Å². The van der Waals surface area contributed by atoms with Crippen LogP contribution in [0.5, 0.6) is 0 Å². The van der Waals surface area contributed by atoms with Gasteiger partial charge in [0.05, 0.1) is 6.61 Å². The Kier molecular flexibility index (Phi) is 10.3. The summed E-state index contributed by atoms with van der Waals surface area (Å²) in [5.41, 5.74) is 4.09. The summed E-state index contributed by atoms with van der Waals surface area (Å²) in [7, 11) is 0. The summed E-state index contributed by atoms with van der Waals surface area (Å²) >= 11 is 1.91. The van der Waals surface area contributed by atoms with Crippen LogP contribution in [0.3, 0.4) is 0 Å². The van der Waals surface area contributed by atoms with Gasteiger partial charge in [-0.05, 0) is 74.5 Å². The van der Waals surface area contributed by atoms with E-state index in [4.69, 9.17) is 4.74 Å². The average molecular weight is 505 g/mol. The maximum atomic E-state index is 9.60. The van der Waals surface area contributed by atoms with Gasteiger partial charge in [-0.2, -0.15) is 0 Å². The molecule has 3 aliphatic rings. The molecule has 2 aliphatic heterocycles.